The van der Waals surface area contributed by atoms with E-state index in [-0.39, 0.29) is 5.56 Å². The first-order chi connectivity index (χ1) is 13.0. The van der Waals surface area contributed by atoms with E-state index in [0.29, 0.717) is 5.56 Å². The second kappa shape index (κ2) is 6.74. The third kappa shape index (κ3) is 3.09. The lowest BCUT2D eigenvalue weighted by Gasteiger charge is -2.26. The standard InChI is InChI=1S/C17H17B3FNO5S/c18-16(11-8-4-5-9-12(11)21)14(23)13(15(22)26-16)27-28(24,25)17(19,20)10-6-2-1-3-7-10/h1-9H,18-20,22H2. The van der Waals surface area contributed by atoms with Crippen LogP contribution in [0.15, 0.2) is 66.2 Å². The Hall–Kier alpha value is -2.68. The van der Waals surface area contributed by atoms with Crippen molar-refractivity contribution in [1.82, 2.24) is 0 Å². The highest BCUT2D eigenvalue weighted by molar-refractivity contribution is 7.90. The summed E-state index contributed by atoms with van der Waals surface area (Å²) in [6, 6.07) is 13.9. The summed E-state index contributed by atoms with van der Waals surface area (Å²) in [6.45, 7) is 0. The van der Waals surface area contributed by atoms with Crippen molar-refractivity contribution in [3.63, 3.8) is 0 Å². The van der Waals surface area contributed by atoms with Crippen LogP contribution in [-0.4, -0.2) is 37.7 Å². The fourth-order valence-electron chi connectivity index (χ4n) is 2.94. The predicted octanol–water partition coefficient (Wildman–Crippen LogP) is -1.24. The molecule has 0 amide bonds. The number of carbonyl (C=O) groups is 1. The van der Waals surface area contributed by atoms with Gasteiger partial charge in [-0.15, -0.1) is 0 Å². The summed E-state index contributed by atoms with van der Waals surface area (Å²) in [7, 11) is -0.127. The molecule has 0 aliphatic carbocycles. The van der Waals surface area contributed by atoms with E-state index in [9.17, 15) is 17.6 Å². The second-order valence-electron chi connectivity index (χ2n) is 7.05. The van der Waals surface area contributed by atoms with Gasteiger partial charge >= 0.3 is 10.1 Å². The van der Waals surface area contributed by atoms with Gasteiger partial charge in [0, 0.05) is 5.56 Å². The molecular weight excluding hydrogens is 382 g/mol. The van der Waals surface area contributed by atoms with E-state index in [1.54, 1.807) is 30.3 Å². The molecule has 2 aromatic carbocycles. The van der Waals surface area contributed by atoms with E-state index in [4.69, 9.17) is 14.7 Å². The molecular formula is C17H17B3FNO5S. The lowest BCUT2D eigenvalue weighted by molar-refractivity contribution is -0.126. The van der Waals surface area contributed by atoms with E-state index < -0.39 is 43.4 Å². The van der Waals surface area contributed by atoms with Gasteiger partial charge in [0.2, 0.25) is 17.4 Å². The molecule has 11 heteroatoms. The van der Waals surface area contributed by atoms with Gasteiger partial charge in [-0.2, -0.15) is 8.42 Å². The number of hydrogen-bond donors (Lipinski definition) is 1. The lowest BCUT2D eigenvalue weighted by atomic mass is 9.65. The number of Topliss-reactive ketones (excluding diaryl/α,β-unsaturated/α-hetero) is 1. The zero-order valence-electron chi connectivity index (χ0n) is 15.6. The molecule has 6 nitrogen and oxygen atoms in total. The van der Waals surface area contributed by atoms with Crippen LogP contribution in [0.1, 0.15) is 11.1 Å². The lowest BCUT2D eigenvalue weighted by Crippen LogP contribution is -2.40. The van der Waals surface area contributed by atoms with Gasteiger partial charge in [-0.25, -0.2) is 4.39 Å². The molecule has 1 aliphatic rings. The van der Waals surface area contributed by atoms with Gasteiger partial charge in [0.15, 0.2) is 13.3 Å². The van der Waals surface area contributed by atoms with Crippen molar-refractivity contribution < 1.29 is 26.5 Å². The van der Waals surface area contributed by atoms with Gasteiger partial charge in [0.25, 0.3) is 0 Å². The van der Waals surface area contributed by atoms with Crippen molar-refractivity contribution in [1.29, 1.82) is 0 Å². The zero-order chi connectivity index (χ0) is 20.7. The second-order valence-corrected chi connectivity index (χ2v) is 9.15. The molecule has 1 aliphatic heterocycles. The minimum Gasteiger partial charge on any atom is -0.467 e. The SMILES string of the molecule is BC1(c2ccccc2F)OC(N)=C(OS(=O)(=O)C(B)(B)c2ccccc2)C1=O. The highest BCUT2D eigenvalue weighted by Gasteiger charge is 2.51. The topological polar surface area (TPSA) is 95.7 Å². The fourth-order valence-corrected chi connectivity index (χ4v) is 3.95. The van der Waals surface area contributed by atoms with Crippen molar-refractivity contribution in [2.75, 3.05) is 0 Å². The van der Waals surface area contributed by atoms with Crippen LogP contribution < -0.4 is 5.73 Å². The van der Waals surface area contributed by atoms with Crippen molar-refractivity contribution in [3.8, 4) is 0 Å². The van der Waals surface area contributed by atoms with Crippen molar-refractivity contribution in [3.05, 3.63) is 83.2 Å². The Kier molecular flexibility index (Phi) is 4.83. The van der Waals surface area contributed by atoms with Gasteiger partial charge in [-0.05, 0) is 11.6 Å². The molecule has 0 radical (unpaired) electrons. The molecule has 1 unspecified atom stereocenters. The maximum absolute atomic E-state index is 14.2. The molecule has 2 aromatic rings. The van der Waals surface area contributed by atoms with Crippen LogP contribution >= 0.6 is 0 Å². The number of hydrogen-bond acceptors (Lipinski definition) is 6. The van der Waals surface area contributed by atoms with E-state index in [0.717, 1.165) is 0 Å². The molecule has 3 rings (SSSR count). The minimum absolute atomic E-state index is 0.0683. The summed E-state index contributed by atoms with van der Waals surface area (Å²) in [4.78, 5) is 12.9. The van der Waals surface area contributed by atoms with E-state index in [1.807, 2.05) is 0 Å². The monoisotopic (exact) mass is 399 g/mol. The van der Waals surface area contributed by atoms with Crippen LogP contribution in [-0.2, 0) is 33.9 Å². The fraction of sp³-hybridized carbons (Fsp3) is 0.118. The molecule has 1 heterocycles. The molecule has 142 valence electrons. The number of halogens is 1. The number of ketones is 1. The third-order valence-electron chi connectivity index (χ3n) is 4.85. The highest BCUT2D eigenvalue weighted by Crippen LogP contribution is 2.38. The molecule has 0 saturated heterocycles. The summed E-state index contributed by atoms with van der Waals surface area (Å²) in [5.74, 6) is -2.72. The summed E-state index contributed by atoms with van der Waals surface area (Å²) in [5, 5.41) is 0. The Labute approximate surface area is 165 Å². The third-order valence-corrected chi connectivity index (χ3v) is 6.72. The Morgan fingerprint density at radius 3 is 2.25 bits per heavy atom. The maximum Gasteiger partial charge on any atom is 0.304 e. The van der Waals surface area contributed by atoms with Gasteiger partial charge in [0.1, 0.15) is 21.5 Å². The summed E-state index contributed by atoms with van der Waals surface area (Å²) in [6.07, 6.45) is 0. The van der Waals surface area contributed by atoms with E-state index in [1.165, 1.54) is 47.8 Å². The molecule has 0 spiro atoms. The average Bonchev–Trinajstić information content (AvgIpc) is 2.86. The van der Waals surface area contributed by atoms with Gasteiger partial charge in [-0.1, -0.05) is 48.5 Å². The number of ether oxygens (including phenoxy) is 1. The smallest absolute Gasteiger partial charge is 0.304 e. The van der Waals surface area contributed by atoms with Crippen LogP contribution in [0.25, 0.3) is 0 Å². The highest BCUT2D eigenvalue weighted by atomic mass is 32.2. The van der Waals surface area contributed by atoms with Crippen molar-refractivity contribution in [2.24, 2.45) is 5.73 Å². The van der Waals surface area contributed by atoms with E-state index in [2.05, 4.69) is 0 Å². The van der Waals surface area contributed by atoms with Crippen LogP contribution in [0.2, 0.25) is 0 Å². The van der Waals surface area contributed by atoms with Crippen LogP contribution in [0.4, 0.5) is 4.39 Å². The number of carbonyl (C=O) groups excluding carboxylic acids is 1. The first-order valence-electron chi connectivity index (χ1n) is 8.49. The Morgan fingerprint density at radius 2 is 1.64 bits per heavy atom. The Bertz CT molecular complexity index is 1080. The molecule has 0 fully saturated rings. The van der Waals surface area contributed by atoms with Crippen LogP contribution in [0, 0.1) is 5.82 Å². The normalized spacial score (nSPS) is 20.1. The minimum atomic E-state index is -4.34. The summed E-state index contributed by atoms with van der Waals surface area (Å²) in [5.41, 5.74) is 4.33. The molecule has 0 aromatic heterocycles. The molecule has 0 bridgehead atoms. The Morgan fingerprint density at radius 1 is 1.07 bits per heavy atom. The maximum atomic E-state index is 14.2. The van der Waals surface area contributed by atoms with Crippen molar-refractivity contribution in [2.45, 2.75) is 10.0 Å². The van der Waals surface area contributed by atoms with Gasteiger partial charge < -0.3 is 14.7 Å². The average molecular weight is 399 g/mol. The van der Waals surface area contributed by atoms with Crippen molar-refractivity contribution >= 4 is 39.4 Å². The zero-order valence-corrected chi connectivity index (χ0v) is 16.4. The molecule has 1 atom stereocenters. The van der Waals surface area contributed by atoms with Gasteiger partial charge in [0.05, 0.1) is 4.55 Å². The molecule has 0 saturated carbocycles. The van der Waals surface area contributed by atoms with Crippen LogP contribution in [0.5, 0.6) is 0 Å². The molecule has 28 heavy (non-hydrogen) atoms. The number of nitrogens with two attached hydrogens (primary N) is 1. The quantitative estimate of drug-likeness (QED) is 0.500. The Balaban J connectivity index is 1.96. The predicted molar refractivity (Wildman–Crippen MR) is 109 cm³/mol. The number of rotatable bonds is 5. The van der Waals surface area contributed by atoms with E-state index >= 15 is 0 Å². The first kappa shape index (κ1) is 20.1. The summed E-state index contributed by atoms with van der Waals surface area (Å²) >= 11 is 0. The first-order valence-corrected chi connectivity index (χ1v) is 9.89. The van der Waals surface area contributed by atoms with Crippen LogP contribution in [0.3, 0.4) is 0 Å². The summed E-state index contributed by atoms with van der Waals surface area (Å²) < 4.78 is 49.1. The largest absolute Gasteiger partial charge is 0.467 e. The molecule has 2 N–H and O–H groups in total. The number of benzene rings is 2. The van der Waals surface area contributed by atoms with Gasteiger partial charge in [-0.3, -0.25) is 4.79 Å².